The van der Waals surface area contributed by atoms with E-state index in [1.54, 1.807) is 0 Å². The van der Waals surface area contributed by atoms with Crippen LogP contribution in [0.4, 0.5) is 0 Å². The van der Waals surface area contributed by atoms with Crippen LogP contribution < -0.4 is 5.32 Å². The average Bonchev–Trinajstić information content (AvgIpc) is 2.75. The summed E-state index contributed by atoms with van der Waals surface area (Å²) in [6.07, 6.45) is 3.25. The summed E-state index contributed by atoms with van der Waals surface area (Å²) in [5.74, 6) is 0. The van der Waals surface area contributed by atoms with Crippen molar-refractivity contribution in [3.05, 3.63) is 28.7 Å². The predicted molar refractivity (Wildman–Crippen MR) is 85.7 cm³/mol. The Bertz CT molecular complexity index is 426. The fourth-order valence-corrected chi connectivity index (χ4v) is 4.73. The second-order valence-electron chi connectivity index (χ2n) is 5.65. The van der Waals surface area contributed by atoms with Crippen LogP contribution in [0.3, 0.4) is 0 Å². The lowest BCUT2D eigenvalue weighted by Gasteiger charge is -2.31. The first kappa shape index (κ1) is 15.4. The number of aliphatic hydroxyl groups excluding tert-OH is 1. The Balaban J connectivity index is 2.00. The van der Waals surface area contributed by atoms with Gasteiger partial charge in [-0.2, -0.15) is 0 Å². The molecule has 2 rings (SSSR count). The smallest absolute Gasteiger partial charge is 0.0613 e. The minimum absolute atomic E-state index is 0.0763. The van der Waals surface area contributed by atoms with Gasteiger partial charge in [-0.3, -0.25) is 0 Å². The van der Waals surface area contributed by atoms with Gasteiger partial charge in [0.25, 0.3) is 0 Å². The van der Waals surface area contributed by atoms with Gasteiger partial charge in [-0.05, 0) is 47.3 Å². The maximum Gasteiger partial charge on any atom is 0.0613 e. The molecule has 4 heteroatoms. The number of thioether (sulfide) groups is 1. The summed E-state index contributed by atoms with van der Waals surface area (Å²) in [5, 5.41) is 13.9. The normalized spacial score (nSPS) is 27.1. The van der Waals surface area contributed by atoms with E-state index < -0.39 is 0 Å². The predicted octanol–water partition coefficient (Wildman–Crippen LogP) is 3.82. The van der Waals surface area contributed by atoms with Gasteiger partial charge < -0.3 is 10.4 Å². The topological polar surface area (TPSA) is 32.3 Å². The summed E-state index contributed by atoms with van der Waals surface area (Å²) >= 11 is 5.53. The molecule has 0 aromatic heterocycles. The molecule has 0 aliphatic heterocycles. The lowest BCUT2D eigenvalue weighted by Crippen LogP contribution is -2.49. The van der Waals surface area contributed by atoms with Crippen LogP contribution in [0, 0.1) is 0 Å². The summed E-state index contributed by atoms with van der Waals surface area (Å²) < 4.78 is 1.17. The molecule has 19 heavy (non-hydrogen) atoms. The zero-order valence-corrected chi connectivity index (χ0v) is 13.9. The molecule has 0 spiro atoms. The molecule has 0 heterocycles. The Morgan fingerprint density at radius 3 is 2.84 bits per heavy atom. The van der Waals surface area contributed by atoms with Gasteiger partial charge in [0, 0.05) is 26.2 Å². The van der Waals surface area contributed by atoms with Crippen molar-refractivity contribution < 1.29 is 5.11 Å². The van der Waals surface area contributed by atoms with E-state index in [9.17, 15) is 5.11 Å². The Morgan fingerprint density at radius 2 is 2.21 bits per heavy atom. The van der Waals surface area contributed by atoms with Crippen molar-refractivity contribution >= 4 is 27.7 Å². The van der Waals surface area contributed by atoms with Crippen molar-refractivity contribution in [1.29, 1.82) is 0 Å². The van der Waals surface area contributed by atoms with Gasteiger partial charge in [0.2, 0.25) is 0 Å². The monoisotopic (exact) mass is 343 g/mol. The fraction of sp³-hybridized carbons (Fsp3) is 0.600. The van der Waals surface area contributed by atoms with Gasteiger partial charge in [-0.25, -0.2) is 0 Å². The molecule has 0 bridgehead atoms. The summed E-state index contributed by atoms with van der Waals surface area (Å²) in [4.78, 5) is 1.30. The Hall–Kier alpha value is -0.0300. The zero-order chi connectivity index (χ0) is 13.9. The van der Waals surface area contributed by atoms with Crippen LogP contribution in [-0.2, 0) is 0 Å². The molecule has 2 N–H and O–H groups in total. The Morgan fingerprint density at radius 1 is 1.47 bits per heavy atom. The minimum atomic E-state index is -0.0763. The van der Waals surface area contributed by atoms with E-state index >= 15 is 0 Å². The number of aliphatic hydroxyl groups is 1. The zero-order valence-electron chi connectivity index (χ0n) is 11.5. The number of rotatable bonds is 5. The first-order valence-electron chi connectivity index (χ1n) is 6.84. The van der Waals surface area contributed by atoms with Crippen LogP contribution in [-0.4, -0.2) is 28.5 Å². The van der Waals surface area contributed by atoms with Gasteiger partial charge in [0.15, 0.2) is 0 Å². The molecule has 0 amide bonds. The Kier molecular flexibility index (Phi) is 5.35. The van der Waals surface area contributed by atoms with E-state index in [4.69, 9.17) is 0 Å². The molecule has 1 aromatic carbocycles. The molecule has 2 atom stereocenters. The summed E-state index contributed by atoms with van der Waals surface area (Å²) in [7, 11) is 0. The molecular weight excluding hydrogens is 322 g/mol. The van der Waals surface area contributed by atoms with Gasteiger partial charge >= 0.3 is 0 Å². The molecule has 1 aliphatic rings. The van der Waals surface area contributed by atoms with Gasteiger partial charge in [0.1, 0.15) is 0 Å². The molecule has 2 nitrogen and oxygen atoms in total. The maximum absolute atomic E-state index is 9.72. The lowest BCUT2D eigenvalue weighted by molar-refractivity contribution is 0.156. The van der Waals surface area contributed by atoms with Crippen LogP contribution >= 0.6 is 27.7 Å². The largest absolute Gasteiger partial charge is 0.394 e. The molecule has 0 saturated heterocycles. The number of benzene rings is 1. The highest BCUT2D eigenvalue weighted by Crippen LogP contribution is 2.42. The van der Waals surface area contributed by atoms with Crippen LogP contribution in [0.5, 0.6) is 0 Å². The van der Waals surface area contributed by atoms with Crippen LogP contribution in [0.25, 0.3) is 0 Å². The highest BCUT2D eigenvalue weighted by molar-refractivity contribution is 9.10. The van der Waals surface area contributed by atoms with Crippen molar-refractivity contribution in [2.45, 2.75) is 54.8 Å². The Labute approximate surface area is 128 Å². The van der Waals surface area contributed by atoms with E-state index in [1.165, 1.54) is 9.37 Å². The SMILES string of the molecule is CC(C)NC1(CO)CCC(Sc2ccccc2Br)C1. The maximum atomic E-state index is 9.72. The first-order valence-corrected chi connectivity index (χ1v) is 8.52. The second-order valence-corrected chi connectivity index (χ2v) is 7.85. The van der Waals surface area contributed by atoms with E-state index in [0.717, 1.165) is 19.3 Å². The third kappa shape index (κ3) is 3.97. The summed E-state index contributed by atoms with van der Waals surface area (Å²) in [6.45, 7) is 4.52. The van der Waals surface area contributed by atoms with Crippen molar-refractivity contribution in [3.8, 4) is 0 Å². The van der Waals surface area contributed by atoms with E-state index in [2.05, 4.69) is 53.3 Å². The molecule has 2 unspecified atom stereocenters. The van der Waals surface area contributed by atoms with Crippen molar-refractivity contribution in [2.75, 3.05) is 6.61 Å². The van der Waals surface area contributed by atoms with Gasteiger partial charge in [-0.15, -0.1) is 11.8 Å². The molecule has 0 radical (unpaired) electrons. The molecule has 1 aliphatic carbocycles. The standard InChI is InChI=1S/C15H22BrNOS/c1-11(2)17-15(10-18)8-7-12(9-15)19-14-6-4-3-5-13(14)16/h3-6,11-12,17-18H,7-10H2,1-2H3. The summed E-state index contributed by atoms with van der Waals surface area (Å²) in [5.41, 5.74) is -0.0763. The highest BCUT2D eigenvalue weighted by atomic mass is 79.9. The molecule has 1 saturated carbocycles. The lowest BCUT2D eigenvalue weighted by atomic mass is 9.98. The number of halogens is 1. The number of hydrogen-bond acceptors (Lipinski definition) is 3. The fourth-order valence-electron chi connectivity index (χ4n) is 2.83. The van der Waals surface area contributed by atoms with E-state index in [0.29, 0.717) is 11.3 Å². The van der Waals surface area contributed by atoms with Crippen LogP contribution in [0.2, 0.25) is 0 Å². The minimum Gasteiger partial charge on any atom is -0.394 e. The van der Waals surface area contributed by atoms with E-state index in [1.807, 2.05) is 17.8 Å². The quantitative estimate of drug-likeness (QED) is 0.852. The molecule has 1 fully saturated rings. The van der Waals surface area contributed by atoms with Crippen molar-refractivity contribution in [3.63, 3.8) is 0 Å². The first-order chi connectivity index (χ1) is 9.04. The summed E-state index contributed by atoms with van der Waals surface area (Å²) in [6, 6.07) is 8.78. The third-order valence-electron chi connectivity index (χ3n) is 3.59. The molecule has 1 aromatic rings. The number of nitrogens with one attached hydrogen (secondary N) is 1. The molecule has 106 valence electrons. The van der Waals surface area contributed by atoms with Gasteiger partial charge in [0.05, 0.1) is 6.61 Å². The van der Waals surface area contributed by atoms with Crippen molar-refractivity contribution in [2.24, 2.45) is 0 Å². The van der Waals surface area contributed by atoms with Crippen LogP contribution in [0.1, 0.15) is 33.1 Å². The number of hydrogen-bond donors (Lipinski definition) is 2. The van der Waals surface area contributed by atoms with E-state index in [-0.39, 0.29) is 12.1 Å². The van der Waals surface area contributed by atoms with Crippen LogP contribution in [0.15, 0.2) is 33.6 Å². The highest BCUT2D eigenvalue weighted by Gasteiger charge is 2.39. The molecular formula is C15H22BrNOS. The van der Waals surface area contributed by atoms with Gasteiger partial charge in [-0.1, -0.05) is 26.0 Å². The second kappa shape index (κ2) is 6.61. The average molecular weight is 344 g/mol. The third-order valence-corrected chi connectivity index (χ3v) is 5.89. The van der Waals surface area contributed by atoms with Crippen molar-refractivity contribution in [1.82, 2.24) is 5.32 Å².